The predicted molar refractivity (Wildman–Crippen MR) is 123 cm³/mol. The SMILES string of the molecule is CCCC(C)(NC(=O)OCC1c2ccccc2-c2ccccc21)C(=O)N[C@@H](COC)C(=O)O. The number of aliphatic carboxylic acids is 1. The molecule has 2 amide bonds. The third-order valence-corrected chi connectivity index (χ3v) is 5.91. The van der Waals surface area contributed by atoms with Gasteiger partial charge in [-0.3, -0.25) is 4.79 Å². The molecule has 2 atom stereocenters. The van der Waals surface area contributed by atoms with Gasteiger partial charge in [0.15, 0.2) is 6.04 Å². The molecule has 0 fully saturated rings. The number of methoxy groups -OCH3 is 1. The largest absolute Gasteiger partial charge is 0.480 e. The van der Waals surface area contributed by atoms with Crippen molar-refractivity contribution in [2.24, 2.45) is 0 Å². The topological polar surface area (TPSA) is 114 Å². The molecule has 2 aromatic rings. The zero-order valence-electron chi connectivity index (χ0n) is 19.1. The fourth-order valence-corrected chi connectivity index (χ4v) is 4.25. The molecule has 3 rings (SSSR count). The number of nitrogens with one attached hydrogen (secondary N) is 2. The number of hydrogen-bond donors (Lipinski definition) is 3. The summed E-state index contributed by atoms with van der Waals surface area (Å²) in [5.41, 5.74) is 3.08. The first-order valence-electron chi connectivity index (χ1n) is 11.0. The summed E-state index contributed by atoms with van der Waals surface area (Å²) in [6.07, 6.45) is 0.166. The Hall–Kier alpha value is -3.39. The van der Waals surface area contributed by atoms with Crippen LogP contribution in [0.4, 0.5) is 4.79 Å². The van der Waals surface area contributed by atoms with Crippen molar-refractivity contribution in [1.29, 1.82) is 0 Å². The Morgan fingerprint density at radius 2 is 1.64 bits per heavy atom. The lowest BCUT2D eigenvalue weighted by Gasteiger charge is -2.30. The van der Waals surface area contributed by atoms with Gasteiger partial charge < -0.3 is 25.2 Å². The highest BCUT2D eigenvalue weighted by Crippen LogP contribution is 2.44. The fourth-order valence-electron chi connectivity index (χ4n) is 4.25. The van der Waals surface area contributed by atoms with E-state index in [0.29, 0.717) is 12.8 Å². The maximum atomic E-state index is 12.9. The van der Waals surface area contributed by atoms with Crippen molar-refractivity contribution in [1.82, 2.24) is 10.6 Å². The highest BCUT2D eigenvalue weighted by Gasteiger charge is 2.37. The Morgan fingerprint density at radius 3 is 2.15 bits per heavy atom. The van der Waals surface area contributed by atoms with Crippen LogP contribution in [0.5, 0.6) is 0 Å². The summed E-state index contributed by atoms with van der Waals surface area (Å²) in [6, 6.07) is 14.8. The molecule has 3 N–H and O–H groups in total. The summed E-state index contributed by atoms with van der Waals surface area (Å²) in [4.78, 5) is 37.0. The number of carbonyl (C=O) groups excluding carboxylic acids is 2. The van der Waals surface area contributed by atoms with Crippen molar-refractivity contribution in [3.05, 3.63) is 59.7 Å². The molecule has 0 saturated carbocycles. The number of amides is 2. The number of carboxylic acids is 1. The number of hydrogen-bond acceptors (Lipinski definition) is 5. The van der Waals surface area contributed by atoms with Gasteiger partial charge in [-0.25, -0.2) is 9.59 Å². The van der Waals surface area contributed by atoms with Gasteiger partial charge >= 0.3 is 12.1 Å². The van der Waals surface area contributed by atoms with Crippen LogP contribution in [0.15, 0.2) is 48.5 Å². The van der Waals surface area contributed by atoms with Crippen LogP contribution < -0.4 is 10.6 Å². The van der Waals surface area contributed by atoms with Crippen molar-refractivity contribution in [2.45, 2.75) is 44.2 Å². The van der Waals surface area contributed by atoms with Crippen molar-refractivity contribution in [2.75, 3.05) is 20.3 Å². The molecule has 33 heavy (non-hydrogen) atoms. The van der Waals surface area contributed by atoms with Crippen molar-refractivity contribution in [3.63, 3.8) is 0 Å². The van der Waals surface area contributed by atoms with E-state index in [0.717, 1.165) is 22.3 Å². The number of benzene rings is 2. The zero-order valence-corrected chi connectivity index (χ0v) is 19.1. The fraction of sp³-hybridized carbons (Fsp3) is 0.400. The van der Waals surface area contributed by atoms with Gasteiger partial charge in [-0.05, 0) is 35.6 Å². The first-order chi connectivity index (χ1) is 15.8. The zero-order chi connectivity index (χ0) is 24.0. The van der Waals surface area contributed by atoms with Crippen LogP contribution in [0.2, 0.25) is 0 Å². The maximum absolute atomic E-state index is 12.9. The number of carbonyl (C=O) groups is 3. The van der Waals surface area contributed by atoms with E-state index in [1.807, 2.05) is 43.3 Å². The Labute approximate surface area is 193 Å². The molecule has 8 heteroatoms. The average Bonchev–Trinajstić information content (AvgIpc) is 3.11. The van der Waals surface area contributed by atoms with Gasteiger partial charge in [0.1, 0.15) is 12.1 Å². The Kier molecular flexibility index (Phi) is 7.71. The van der Waals surface area contributed by atoms with E-state index in [-0.39, 0.29) is 19.1 Å². The predicted octanol–water partition coefficient (Wildman–Crippen LogP) is 3.30. The van der Waals surface area contributed by atoms with Crippen LogP contribution in [-0.4, -0.2) is 55.0 Å². The minimum Gasteiger partial charge on any atom is -0.480 e. The van der Waals surface area contributed by atoms with E-state index in [1.165, 1.54) is 7.11 Å². The molecule has 0 aromatic heterocycles. The van der Waals surface area contributed by atoms with Gasteiger partial charge in [-0.2, -0.15) is 0 Å². The first-order valence-corrected chi connectivity index (χ1v) is 11.0. The third kappa shape index (κ3) is 5.34. The van der Waals surface area contributed by atoms with Gasteiger partial charge in [0, 0.05) is 13.0 Å². The van der Waals surface area contributed by atoms with E-state index >= 15 is 0 Å². The molecule has 1 aliphatic rings. The molecule has 176 valence electrons. The summed E-state index contributed by atoms with van der Waals surface area (Å²) >= 11 is 0. The second kappa shape index (κ2) is 10.5. The second-order valence-electron chi connectivity index (χ2n) is 8.35. The van der Waals surface area contributed by atoms with E-state index in [1.54, 1.807) is 6.92 Å². The summed E-state index contributed by atoms with van der Waals surface area (Å²) < 4.78 is 10.4. The minimum atomic E-state index is -1.33. The number of alkyl carbamates (subject to hydrolysis) is 1. The van der Waals surface area contributed by atoms with E-state index in [9.17, 15) is 19.5 Å². The molecular formula is C25H30N2O6. The molecule has 1 aliphatic carbocycles. The summed E-state index contributed by atoms with van der Waals surface area (Å²) in [7, 11) is 1.35. The monoisotopic (exact) mass is 454 g/mol. The Balaban J connectivity index is 1.69. The van der Waals surface area contributed by atoms with E-state index < -0.39 is 29.6 Å². The molecule has 0 spiro atoms. The van der Waals surface area contributed by atoms with Crippen molar-refractivity contribution < 1.29 is 29.0 Å². The third-order valence-electron chi connectivity index (χ3n) is 5.91. The Bertz CT molecular complexity index is 978. The van der Waals surface area contributed by atoms with Gasteiger partial charge in [0.2, 0.25) is 5.91 Å². The lowest BCUT2D eigenvalue weighted by molar-refractivity contribution is -0.144. The summed E-state index contributed by atoms with van der Waals surface area (Å²) in [6.45, 7) is 3.35. The number of fused-ring (bicyclic) bond motifs is 3. The number of rotatable bonds is 10. The maximum Gasteiger partial charge on any atom is 0.408 e. The minimum absolute atomic E-state index is 0.104. The highest BCUT2D eigenvalue weighted by molar-refractivity contribution is 5.92. The van der Waals surface area contributed by atoms with Crippen LogP contribution in [-0.2, 0) is 19.1 Å². The number of carboxylic acid groups (broad SMARTS) is 1. The smallest absolute Gasteiger partial charge is 0.408 e. The standard InChI is InChI=1S/C25H30N2O6/c1-4-13-25(2,23(30)26-21(15-32-3)22(28)29)27-24(31)33-14-20-18-11-7-5-9-16(18)17-10-6-8-12-19(17)20/h5-12,20-21H,4,13-15H2,1-3H3,(H,26,30)(H,27,31)(H,28,29)/t21-,25?/m0/s1. The molecule has 1 unspecified atom stereocenters. The summed E-state index contributed by atoms with van der Waals surface area (Å²) in [5.74, 6) is -1.93. The molecule has 0 radical (unpaired) electrons. The molecule has 2 aromatic carbocycles. The molecule has 0 heterocycles. The first kappa shape index (κ1) is 24.3. The van der Waals surface area contributed by atoms with Gasteiger partial charge in [0.25, 0.3) is 0 Å². The highest BCUT2D eigenvalue weighted by atomic mass is 16.5. The second-order valence-corrected chi connectivity index (χ2v) is 8.35. The van der Waals surface area contributed by atoms with Crippen LogP contribution in [0.3, 0.4) is 0 Å². The van der Waals surface area contributed by atoms with Crippen LogP contribution in [0.1, 0.15) is 43.7 Å². The van der Waals surface area contributed by atoms with Gasteiger partial charge in [-0.15, -0.1) is 0 Å². The van der Waals surface area contributed by atoms with Crippen molar-refractivity contribution >= 4 is 18.0 Å². The normalized spacial score (nSPS) is 15.0. The quantitative estimate of drug-likeness (QED) is 0.508. The lowest BCUT2D eigenvalue weighted by Crippen LogP contribution is -2.60. The Morgan fingerprint density at radius 1 is 1.06 bits per heavy atom. The average molecular weight is 455 g/mol. The molecule has 8 nitrogen and oxygen atoms in total. The summed E-state index contributed by atoms with van der Waals surface area (Å²) in [5, 5.41) is 14.4. The van der Waals surface area contributed by atoms with E-state index in [4.69, 9.17) is 9.47 Å². The van der Waals surface area contributed by atoms with E-state index in [2.05, 4.69) is 22.8 Å². The van der Waals surface area contributed by atoms with Gasteiger partial charge in [0.05, 0.1) is 6.61 Å². The van der Waals surface area contributed by atoms with Crippen LogP contribution in [0, 0.1) is 0 Å². The van der Waals surface area contributed by atoms with Crippen molar-refractivity contribution in [3.8, 4) is 11.1 Å². The molecular weight excluding hydrogens is 424 g/mol. The van der Waals surface area contributed by atoms with Crippen LogP contribution >= 0.6 is 0 Å². The lowest BCUT2D eigenvalue weighted by atomic mass is 9.94. The van der Waals surface area contributed by atoms with Crippen LogP contribution in [0.25, 0.3) is 11.1 Å². The molecule has 0 bridgehead atoms. The molecule has 0 saturated heterocycles. The van der Waals surface area contributed by atoms with Gasteiger partial charge in [-0.1, -0.05) is 61.9 Å². The number of ether oxygens (including phenoxy) is 2. The molecule has 0 aliphatic heterocycles.